The van der Waals surface area contributed by atoms with Crippen molar-refractivity contribution >= 4 is 0 Å². The van der Waals surface area contributed by atoms with Gasteiger partial charge in [0.05, 0.1) is 0 Å². The first-order chi connectivity index (χ1) is 12.4. The number of unbranched alkanes of at least 4 members (excludes halogenated alkanes) is 18. The quantitative estimate of drug-likeness (QED) is 0.143. The Labute approximate surface area is 160 Å². The van der Waals surface area contributed by atoms with Crippen LogP contribution in [-0.2, 0) is 0 Å². The molecular weight excluding hydrogens is 300 g/mol. The standard InChI is InChI=1S/C25H48/c1-3-5-7-9-11-13-15-17-19-21-23-25-24-22-20-18-16-14-12-10-8-6-4-2/h3,18,20H,1,4-17,19,21-25H2,2H3/b20-18-. The molecule has 0 amide bonds. The van der Waals surface area contributed by atoms with Crippen molar-refractivity contribution < 1.29 is 0 Å². The first-order valence-corrected chi connectivity index (χ1v) is 11.7. The van der Waals surface area contributed by atoms with Gasteiger partial charge >= 0.3 is 0 Å². The van der Waals surface area contributed by atoms with Crippen molar-refractivity contribution in [2.75, 3.05) is 0 Å². The van der Waals surface area contributed by atoms with E-state index < -0.39 is 0 Å². The second-order valence-electron chi connectivity index (χ2n) is 7.78. The van der Waals surface area contributed by atoms with E-state index in [1.165, 1.54) is 128 Å². The van der Waals surface area contributed by atoms with Crippen molar-refractivity contribution in [2.45, 2.75) is 135 Å². The van der Waals surface area contributed by atoms with Gasteiger partial charge in [0, 0.05) is 0 Å². The summed E-state index contributed by atoms with van der Waals surface area (Å²) in [6, 6.07) is 0. The number of rotatable bonds is 21. The van der Waals surface area contributed by atoms with Crippen LogP contribution in [0.25, 0.3) is 0 Å². The molecule has 0 fully saturated rings. The van der Waals surface area contributed by atoms with Gasteiger partial charge in [-0.15, -0.1) is 6.58 Å². The molecule has 0 heteroatoms. The predicted octanol–water partition coefficient (Wildman–Crippen LogP) is 9.55. The SMILES string of the molecule is C=CCCCCCCCCCCCCC/C=C\CCCCCCCC. The minimum atomic E-state index is 1.20. The maximum absolute atomic E-state index is 3.78. The third kappa shape index (κ3) is 23.5. The summed E-state index contributed by atoms with van der Waals surface area (Å²) in [5, 5.41) is 0. The van der Waals surface area contributed by atoms with Crippen molar-refractivity contribution in [3.05, 3.63) is 24.8 Å². The molecule has 0 aromatic heterocycles. The zero-order valence-electron chi connectivity index (χ0n) is 17.6. The Morgan fingerprint density at radius 1 is 0.440 bits per heavy atom. The molecule has 0 saturated heterocycles. The van der Waals surface area contributed by atoms with Crippen LogP contribution in [-0.4, -0.2) is 0 Å². The Bertz CT molecular complexity index is 263. The van der Waals surface area contributed by atoms with Crippen LogP contribution in [0.4, 0.5) is 0 Å². The van der Waals surface area contributed by atoms with Crippen LogP contribution in [0.3, 0.4) is 0 Å². The smallest absolute Gasteiger partial charge is 0.0351 e. The van der Waals surface area contributed by atoms with Crippen LogP contribution in [0, 0.1) is 0 Å². The van der Waals surface area contributed by atoms with Gasteiger partial charge in [0.2, 0.25) is 0 Å². The van der Waals surface area contributed by atoms with Gasteiger partial charge in [-0.3, -0.25) is 0 Å². The average molecular weight is 349 g/mol. The Morgan fingerprint density at radius 3 is 1.12 bits per heavy atom. The highest BCUT2D eigenvalue weighted by Crippen LogP contribution is 2.13. The van der Waals surface area contributed by atoms with E-state index in [0.717, 1.165) is 0 Å². The molecular formula is C25H48. The highest BCUT2D eigenvalue weighted by molar-refractivity contribution is 4.81. The molecule has 0 aliphatic carbocycles. The first-order valence-electron chi connectivity index (χ1n) is 11.7. The molecule has 25 heavy (non-hydrogen) atoms. The molecule has 0 aliphatic rings. The number of hydrogen-bond donors (Lipinski definition) is 0. The largest absolute Gasteiger partial charge is 0.103 e. The summed E-state index contributed by atoms with van der Waals surface area (Å²) in [4.78, 5) is 0. The molecule has 0 nitrogen and oxygen atoms in total. The van der Waals surface area contributed by atoms with Crippen molar-refractivity contribution in [3.8, 4) is 0 Å². The number of hydrogen-bond acceptors (Lipinski definition) is 0. The number of allylic oxidation sites excluding steroid dienone is 3. The summed E-state index contributed by atoms with van der Waals surface area (Å²) in [7, 11) is 0. The topological polar surface area (TPSA) is 0 Å². The minimum absolute atomic E-state index is 1.20. The maximum atomic E-state index is 3.78. The van der Waals surface area contributed by atoms with Crippen molar-refractivity contribution in [2.24, 2.45) is 0 Å². The van der Waals surface area contributed by atoms with Gasteiger partial charge < -0.3 is 0 Å². The van der Waals surface area contributed by atoms with Gasteiger partial charge in [-0.1, -0.05) is 115 Å². The lowest BCUT2D eigenvalue weighted by molar-refractivity contribution is 0.547. The van der Waals surface area contributed by atoms with E-state index in [1.807, 2.05) is 6.08 Å². The van der Waals surface area contributed by atoms with Gasteiger partial charge in [-0.25, -0.2) is 0 Å². The Balaban J connectivity index is 3.04. The van der Waals surface area contributed by atoms with Crippen LogP contribution < -0.4 is 0 Å². The minimum Gasteiger partial charge on any atom is -0.103 e. The third-order valence-corrected chi connectivity index (χ3v) is 5.17. The van der Waals surface area contributed by atoms with Crippen LogP contribution in [0.15, 0.2) is 24.8 Å². The molecule has 0 N–H and O–H groups in total. The lowest BCUT2D eigenvalue weighted by Crippen LogP contribution is -1.82. The third-order valence-electron chi connectivity index (χ3n) is 5.17. The second kappa shape index (κ2) is 23.5. The molecule has 0 rings (SSSR count). The Kier molecular flexibility index (Phi) is 23.0. The lowest BCUT2D eigenvalue weighted by atomic mass is 10.0. The second-order valence-corrected chi connectivity index (χ2v) is 7.78. The van der Waals surface area contributed by atoms with Crippen molar-refractivity contribution in [3.63, 3.8) is 0 Å². The van der Waals surface area contributed by atoms with Gasteiger partial charge in [-0.05, 0) is 38.5 Å². The molecule has 0 heterocycles. The molecule has 0 atom stereocenters. The molecule has 0 aromatic carbocycles. The summed E-state index contributed by atoms with van der Waals surface area (Å²) >= 11 is 0. The summed E-state index contributed by atoms with van der Waals surface area (Å²) in [6.45, 7) is 6.07. The molecule has 0 aliphatic heterocycles. The normalized spacial score (nSPS) is 11.4. The lowest BCUT2D eigenvalue weighted by Gasteiger charge is -2.02. The van der Waals surface area contributed by atoms with E-state index in [2.05, 4.69) is 25.7 Å². The molecule has 148 valence electrons. The summed E-state index contributed by atoms with van der Waals surface area (Å²) in [5.41, 5.74) is 0. The predicted molar refractivity (Wildman–Crippen MR) is 117 cm³/mol. The molecule has 0 saturated carbocycles. The van der Waals surface area contributed by atoms with Gasteiger partial charge in [0.25, 0.3) is 0 Å². The maximum Gasteiger partial charge on any atom is -0.0351 e. The first kappa shape index (κ1) is 24.5. The van der Waals surface area contributed by atoms with E-state index in [4.69, 9.17) is 0 Å². The van der Waals surface area contributed by atoms with Gasteiger partial charge in [0.15, 0.2) is 0 Å². The molecule has 0 bridgehead atoms. The summed E-state index contributed by atoms with van der Waals surface area (Å²) in [6.07, 6.45) is 34.9. The van der Waals surface area contributed by atoms with E-state index in [0.29, 0.717) is 0 Å². The fourth-order valence-electron chi connectivity index (χ4n) is 3.42. The van der Waals surface area contributed by atoms with Crippen LogP contribution >= 0.6 is 0 Å². The van der Waals surface area contributed by atoms with Gasteiger partial charge in [-0.2, -0.15) is 0 Å². The van der Waals surface area contributed by atoms with E-state index in [-0.39, 0.29) is 0 Å². The highest BCUT2D eigenvalue weighted by Gasteiger charge is 1.93. The van der Waals surface area contributed by atoms with Crippen LogP contribution in [0.2, 0.25) is 0 Å². The fourth-order valence-corrected chi connectivity index (χ4v) is 3.42. The Hall–Kier alpha value is -0.520. The van der Waals surface area contributed by atoms with Crippen molar-refractivity contribution in [1.82, 2.24) is 0 Å². The van der Waals surface area contributed by atoms with E-state index in [1.54, 1.807) is 0 Å². The fraction of sp³-hybridized carbons (Fsp3) is 0.840. The van der Waals surface area contributed by atoms with Crippen LogP contribution in [0.5, 0.6) is 0 Å². The summed E-state index contributed by atoms with van der Waals surface area (Å²) in [5.74, 6) is 0. The summed E-state index contributed by atoms with van der Waals surface area (Å²) < 4.78 is 0. The van der Waals surface area contributed by atoms with Crippen LogP contribution in [0.1, 0.15) is 135 Å². The van der Waals surface area contributed by atoms with Gasteiger partial charge in [0.1, 0.15) is 0 Å². The molecule has 0 radical (unpaired) electrons. The molecule has 0 spiro atoms. The zero-order chi connectivity index (χ0) is 18.3. The van der Waals surface area contributed by atoms with Crippen molar-refractivity contribution in [1.29, 1.82) is 0 Å². The van der Waals surface area contributed by atoms with E-state index >= 15 is 0 Å². The van der Waals surface area contributed by atoms with E-state index in [9.17, 15) is 0 Å². The highest BCUT2D eigenvalue weighted by atomic mass is 14.0. The Morgan fingerprint density at radius 2 is 0.760 bits per heavy atom. The zero-order valence-corrected chi connectivity index (χ0v) is 17.6. The molecule has 0 unspecified atom stereocenters. The molecule has 0 aromatic rings. The average Bonchev–Trinajstić information content (AvgIpc) is 2.63. The monoisotopic (exact) mass is 348 g/mol.